The summed E-state index contributed by atoms with van der Waals surface area (Å²) in [6.45, 7) is 0.0942. The standard InChI is InChI=1S/C9H8BrN3O2S/c10-5-1-2-6-7(3-5)16-9(14)13(6)4-8(11)12-15/h1-3,15H,4H2,(H2,11,12). The zero-order chi connectivity index (χ0) is 11.7. The average Bonchev–Trinajstić information content (AvgIpc) is 2.54. The number of hydrogen-bond donors (Lipinski definition) is 2. The normalized spacial score (nSPS) is 12.2. The summed E-state index contributed by atoms with van der Waals surface area (Å²) in [7, 11) is 0. The Morgan fingerprint density at radius 1 is 1.62 bits per heavy atom. The highest BCUT2D eigenvalue weighted by Crippen LogP contribution is 2.21. The lowest BCUT2D eigenvalue weighted by Crippen LogP contribution is -2.24. The van der Waals surface area contributed by atoms with E-state index in [1.165, 1.54) is 4.57 Å². The SMILES string of the molecule is N/C(Cn1c(=O)sc2cc(Br)ccc21)=N\O. The van der Waals surface area contributed by atoms with E-state index in [9.17, 15) is 4.79 Å². The summed E-state index contributed by atoms with van der Waals surface area (Å²) in [6, 6.07) is 5.53. The molecule has 1 aromatic heterocycles. The smallest absolute Gasteiger partial charge is 0.308 e. The Bertz CT molecular complexity index is 617. The largest absolute Gasteiger partial charge is 0.409 e. The lowest BCUT2D eigenvalue weighted by Gasteiger charge is -2.01. The van der Waals surface area contributed by atoms with Crippen LogP contribution in [0.5, 0.6) is 0 Å². The first-order chi connectivity index (χ1) is 7.61. The maximum atomic E-state index is 11.7. The van der Waals surface area contributed by atoms with Crippen molar-refractivity contribution in [2.24, 2.45) is 10.9 Å². The molecular weight excluding hydrogens is 294 g/mol. The molecule has 84 valence electrons. The summed E-state index contributed by atoms with van der Waals surface area (Å²) < 4.78 is 3.25. The fourth-order valence-electron chi connectivity index (χ4n) is 1.38. The van der Waals surface area contributed by atoms with Crippen LogP contribution in [0.15, 0.2) is 32.6 Å². The summed E-state index contributed by atoms with van der Waals surface area (Å²) >= 11 is 4.47. The van der Waals surface area contributed by atoms with Crippen molar-refractivity contribution >= 4 is 43.3 Å². The van der Waals surface area contributed by atoms with Gasteiger partial charge in [-0.05, 0) is 18.2 Å². The van der Waals surface area contributed by atoms with Gasteiger partial charge >= 0.3 is 4.87 Å². The molecule has 0 spiro atoms. The number of nitrogens with two attached hydrogens (primary N) is 1. The summed E-state index contributed by atoms with van der Waals surface area (Å²) in [4.78, 5) is 11.6. The first-order valence-corrected chi connectivity index (χ1v) is 5.98. The third-order valence-electron chi connectivity index (χ3n) is 2.08. The van der Waals surface area contributed by atoms with Crippen molar-refractivity contribution in [3.63, 3.8) is 0 Å². The molecule has 0 bridgehead atoms. The second-order valence-corrected chi connectivity index (χ2v) is 5.07. The molecule has 0 radical (unpaired) electrons. The Morgan fingerprint density at radius 3 is 3.06 bits per heavy atom. The minimum atomic E-state index is -0.125. The van der Waals surface area contributed by atoms with Gasteiger partial charge in [-0.1, -0.05) is 32.4 Å². The highest BCUT2D eigenvalue weighted by molar-refractivity contribution is 9.10. The first-order valence-electron chi connectivity index (χ1n) is 4.37. The lowest BCUT2D eigenvalue weighted by atomic mass is 10.3. The highest BCUT2D eigenvalue weighted by atomic mass is 79.9. The summed E-state index contributed by atoms with van der Waals surface area (Å²) in [6.07, 6.45) is 0. The molecule has 5 nitrogen and oxygen atoms in total. The third-order valence-corrected chi connectivity index (χ3v) is 3.51. The van der Waals surface area contributed by atoms with Crippen molar-refractivity contribution in [3.05, 3.63) is 32.3 Å². The minimum Gasteiger partial charge on any atom is -0.409 e. The van der Waals surface area contributed by atoms with Crippen molar-refractivity contribution in [1.82, 2.24) is 4.57 Å². The van der Waals surface area contributed by atoms with E-state index in [0.29, 0.717) is 0 Å². The molecule has 0 saturated heterocycles. The molecule has 0 fully saturated rings. The van der Waals surface area contributed by atoms with Crippen LogP contribution < -0.4 is 10.6 Å². The van der Waals surface area contributed by atoms with E-state index < -0.39 is 0 Å². The molecule has 1 aromatic carbocycles. The number of amidine groups is 1. The van der Waals surface area contributed by atoms with Gasteiger partial charge in [0.15, 0.2) is 5.84 Å². The van der Waals surface area contributed by atoms with E-state index in [0.717, 1.165) is 26.0 Å². The van der Waals surface area contributed by atoms with Crippen LogP contribution in [0, 0.1) is 0 Å². The molecule has 0 aliphatic carbocycles. The zero-order valence-electron chi connectivity index (χ0n) is 8.05. The van der Waals surface area contributed by atoms with E-state index in [1.807, 2.05) is 18.2 Å². The highest BCUT2D eigenvalue weighted by Gasteiger charge is 2.08. The molecule has 0 atom stereocenters. The van der Waals surface area contributed by atoms with Crippen LogP contribution in [0.4, 0.5) is 0 Å². The van der Waals surface area contributed by atoms with Crippen LogP contribution >= 0.6 is 27.3 Å². The number of benzene rings is 1. The molecule has 0 aliphatic rings. The molecule has 2 rings (SSSR count). The van der Waals surface area contributed by atoms with Gasteiger partial charge in [0.05, 0.1) is 16.8 Å². The summed E-state index contributed by atoms with van der Waals surface area (Å²) in [5.74, 6) is 0.00437. The molecule has 7 heteroatoms. The van der Waals surface area contributed by atoms with Crippen molar-refractivity contribution in [3.8, 4) is 0 Å². The number of aromatic nitrogens is 1. The minimum absolute atomic E-state index is 0.00437. The molecule has 0 aliphatic heterocycles. The lowest BCUT2D eigenvalue weighted by molar-refractivity contribution is 0.316. The van der Waals surface area contributed by atoms with Gasteiger partial charge in [0.1, 0.15) is 0 Å². The average molecular weight is 302 g/mol. The Hall–Kier alpha value is -1.34. The van der Waals surface area contributed by atoms with E-state index in [4.69, 9.17) is 10.9 Å². The summed E-state index contributed by atoms with van der Waals surface area (Å²) in [5, 5.41) is 11.3. The maximum Gasteiger partial charge on any atom is 0.308 e. The number of oxime groups is 1. The van der Waals surface area contributed by atoms with Crippen LogP contribution in [-0.4, -0.2) is 15.6 Å². The number of rotatable bonds is 2. The topological polar surface area (TPSA) is 80.6 Å². The van der Waals surface area contributed by atoms with Gasteiger partial charge in [-0.25, -0.2) is 0 Å². The zero-order valence-corrected chi connectivity index (χ0v) is 10.5. The maximum absolute atomic E-state index is 11.7. The van der Waals surface area contributed by atoms with E-state index in [2.05, 4.69) is 21.1 Å². The molecule has 0 unspecified atom stereocenters. The van der Waals surface area contributed by atoms with Crippen LogP contribution in [-0.2, 0) is 6.54 Å². The van der Waals surface area contributed by atoms with E-state index in [1.54, 1.807) is 0 Å². The van der Waals surface area contributed by atoms with Gasteiger partial charge in [-0.15, -0.1) is 0 Å². The second-order valence-electron chi connectivity index (χ2n) is 3.16. The summed E-state index contributed by atoms with van der Waals surface area (Å²) in [5.41, 5.74) is 6.17. The Labute approximate surface area is 103 Å². The molecule has 1 heterocycles. The van der Waals surface area contributed by atoms with E-state index >= 15 is 0 Å². The Balaban J connectivity index is 2.61. The van der Waals surface area contributed by atoms with Crippen LogP contribution in [0.2, 0.25) is 0 Å². The number of halogens is 1. The second kappa shape index (κ2) is 4.26. The quantitative estimate of drug-likeness (QED) is 0.382. The van der Waals surface area contributed by atoms with Crippen molar-refractivity contribution < 1.29 is 5.21 Å². The van der Waals surface area contributed by atoms with Gasteiger partial charge < -0.3 is 10.9 Å². The van der Waals surface area contributed by atoms with Gasteiger partial charge in [-0.3, -0.25) is 9.36 Å². The molecular formula is C9H8BrN3O2S. The Morgan fingerprint density at radius 2 is 2.38 bits per heavy atom. The van der Waals surface area contributed by atoms with Crippen LogP contribution in [0.1, 0.15) is 0 Å². The van der Waals surface area contributed by atoms with Gasteiger partial charge in [0.25, 0.3) is 0 Å². The van der Waals surface area contributed by atoms with Crippen molar-refractivity contribution in [1.29, 1.82) is 0 Å². The molecule has 16 heavy (non-hydrogen) atoms. The van der Waals surface area contributed by atoms with Gasteiger partial charge in [0.2, 0.25) is 0 Å². The number of hydrogen-bond acceptors (Lipinski definition) is 4. The van der Waals surface area contributed by atoms with Crippen LogP contribution in [0.3, 0.4) is 0 Å². The third kappa shape index (κ3) is 1.96. The van der Waals surface area contributed by atoms with Gasteiger partial charge in [-0.2, -0.15) is 0 Å². The number of nitrogens with zero attached hydrogens (tertiary/aromatic N) is 2. The molecule has 2 aromatic rings. The number of fused-ring (bicyclic) bond motifs is 1. The van der Waals surface area contributed by atoms with Crippen molar-refractivity contribution in [2.75, 3.05) is 0 Å². The van der Waals surface area contributed by atoms with Crippen molar-refractivity contribution in [2.45, 2.75) is 6.54 Å². The molecule has 0 amide bonds. The molecule has 3 N–H and O–H groups in total. The number of thiazole rings is 1. The van der Waals surface area contributed by atoms with Crippen LogP contribution in [0.25, 0.3) is 10.2 Å². The van der Waals surface area contributed by atoms with Gasteiger partial charge in [0, 0.05) is 4.47 Å². The fraction of sp³-hybridized carbons (Fsp3) is 0.111. The first kappa shape index (κ1) is 11.2. The molecule has 0 saturated carbocycles. The van der Waals surface area contributed by atoms with E-state index in [-0.39, 0.29) is 17.3 Å². The predicted octanol–water partition coefficient (Wildman–Crippen LogP) is 1.57. The fourth-order valence-corrected chi connectivity index (χ4v) is 2.83. The predicted molar refractivity (Wildman–Crippen MR) is 67.2 cm³/mol. The Kier molecular flexibility index (Phi) is 2.97. The monoisotopic (exact) mass is 301 g/mol.